The molecular weight excluding hydrogens is 314 g/mol. The van der Waals surface area contributed by atoms with Crippen molar-refractivity contribution >= 4 is 6.08 Å². The van der Waals surface area contributed by atoms with E-state index >= 15 is 0 Å². The van der Waals surface area contributed by atoms with Crippen molar-refractivity contribution in [3.63, 3.8) is 0 Å². The van der Waals surface area contributed by atoms with E-state index in [4.69, 9.17) is 4.74 Å². The fourth-order valence-electron chi connectivity index (χ4n) is 2.25. The Kier molecular flexibility index (Phi) is 5.61. The maximum Gasteiger partial charge on any atom is 0.235 e. The highest BCUT2D eigenvalue weighted by Crippen LogP contribution is 2.22. The van der Waals surface area contributed by atoms with Gasteiger partial charge in [0, 0.05) is 17.2 Å². The molecule has 0 aliphatic carbocycles. The second-order valence-corrected chi connectivity index (χ2v) is 6.63. The first kappa shape index (κ1) is 18.3. The van der Waals surface area contributed by atoms with Crippen LogP contribution in [0.4, 0.5) is 0 Å². The zero-order valence-corrected chi connectivity index (χ0v) is 14.9. The summed E-state index contributed by atoms with van der Waals surface area (Å²) in [6.07, 6.45) is 2.33. The van der Waals surface area contributed by atoms with E-state index in [1.54, 1.807) is 25.3 Å². The zero-order valence-electron chi connectivity index (χ0n) is 14.9. The van der Waals surface area contributed by atoms with Gasteiger partial charge in [0.25, 0.3) is 0 Å². The van der Waals surface area contributed by atoms with Crippen LogP contribution in [-0.4, -0.2) is 12.0 Å². The van der Waals surface area contributed by atoms with E-state index in [1.165, 1.54) is 11.6 Å². The van der Waals surface area contributed by atoms with E-state index in [0.29, 0.717) is 16.9 Å². The van der Waals surface area contributed by atoms with E-state index in [-0.39, 0.29) is 5.41 Å². The average Bonchev–Trinajstić information content (AvgIpc) is 2.58. The Balaban J connectivity index is 2.34. The molecule has 0 atom stereocenters. The van der Waals surface area contributed by atoms with E-state index in [1.807, 2.05) is 12.1 Å². The summed E-state index contributed by atoms with van der Waals surface area (Å²) < 4.78 is 5.17. The van der Waals surface area contributed by atoms with Gasteiger partial charge in [0.15, 0.2) is 0 Å². The molecule has 0 unspecified atom stereocenters. The standard InChI is InChI=1S/C21H21NO3/c1-21(2,3)19-10-6-16(7-11-19)5-8-17-9-12-20(25-4)15-18(17)13-14-22(23)24/h6-7,9-15H,1-4H3/b14-13+. The monoisotopic (exact) mass is 335 g/mol. The molecule has 0 saturated heterocycles. The lowest BCUT2D eigenvalue weighted by Gasteiger charge is -2.18. The molecule has 0 fully saturated rings. The van der Waals surface area contributed by atoms with Crippen LogP contribution in [0, 0.1) is 22.0 Å². The third kappa shape index (κ3) is 5.22. The Morgan fingerprint density at radius 1 is 1.08 bits per heavy atom. The first-order chi connectivity index (χ1) is 11.8. The topological polar surface area (TPSA) is 52.4 Å². The Morgan fingerprint density at radius 3 is 2.32 bits per heavy atom. The molecule has 0 saturated carbocycles. The fraction of sp³-hybridized carbons (Fsp3) is 0.238. The van der Waals surface area contributed by atoms with Crippen molar-refractivity contribution < 1.29 is 9.66 Å². The van der Waals surface area contributed by atoms with Gasteiger partial charge in [-0.3, -0.25) is 10.1 Å². The average molecular weight is 335 g/mol. The highest BCUT2D eigenvalue weighted by Gasteiger charge is 2.12. The molecule has 2 rings (SSSR count). The molecule has 0 bridgehead atoms. The van der Waals surface area contributed by atoms with Crippen LogP contribution >= 0.6 is 0 Å². The Morgan fingerprint density at radius 2 is 1.76 bits per heavy atom. The van der Waals surface area contributed by atoms with Crippen LogP contribution in [0.3, 0.4) is 0 Å². The lowest BCUT2D eigenvalue weighted by molar-refractivity contribution is -0.400. The second kappa shape index (κ2) is 7.67. The number of methoxy groups -OCH3 is 1. The molecule has 0 radical (unpaired) electrons. The Bertz CT molecular complexity index is 847. The summed E-state index contributed by atoms with van der Waals surface area (Å²) in [7, 11) is 1.55. The van der Waals surface area contributed by atoms with Crippen molar-refractivity contribution in [3.8, 4) is 17.6 Å². The molecule has 2 aromatic rings. The van der Waals surface area contributed by atoms with Crippen molar-refractivity contribution in [3.05, 3.63) is 81.0 Å². The number of hydrogen-bond donors (Lipinski definition) is 0. The summed E-state index contributed by atoms with van der Waals surface area (Å²) in [6.45, 7) is 6.50. The molecule has 0 spiro atoms. The summed E-state index contributed by atoms with van der Waals surface area (Å²) >= 11 is 0. The minimum absolute atomic E-state index is 0.0996. The maximum atomic E-state index is 10.6. The van der Waals surface area contributed by atoms with Crippen LogP contribution in [0.2, 0.25) is 0 Å². The number of ether oxygens (including phenoxy) is 1. The van der Waals surface area contributed by atoms with Crippen LogP contribution in [0.1, 0.15) is 43.0 Å². The minimum atomic E-state index is -0.498. The summed E-state index contributed by atoms with van der Waals surface area (Å²) in [4.78, 5) is 10.1. The van der Waals surface area contributed by atoms with Gasteiger partial charge in [-0.2, -0.15) is 0 Å². The van der Waals surface area contributed by atoms with Crippen LogP contribution < -0.4 is 4.74 Å². The van der Waals surface area contributed by atoms with E-state index in [2.05, 4.69) is 44.7 Å². The summed E-state index contributed by atoms with van der Waals surface area (Å²) in [5, 5.41) is 10.6. The van der Waals surface area contributed by atoms with Gasteiger partial charge in [0.1, 0.15) is 5.75 Å². The van der Waals surface area contributed by atoms with Gasteiger partial charge in [0.2, 0.25) is 6.20 Å². The molecule has 0 N–H and O–H groups in total. The highest BCUT2D eigenvalue weighted by molar-refractivity contribution is 5.61. The van der Waals surface area contributed by atoms with Crippen LogP contribution in [0.25, 0.3) is 6.08 Å². The van der Waals surface area contributed by atoms with Gasteiger partial charge in [-0.1, -0.05) is 44.7 Å². The highest BCUT2D eigenvalue weighted by atomic mass is 16.6. The van der Waals surface area contributed by atoms with Crippen LogP contribution in [0.5, 0.6) is 5.75 Å². The molecule has 0 aliphatic rings. The molecule has 0 heterocycles. The lowest BCUT2D eigenvalue weighted by atomic mass is 9.87. The van der Waals surface area contributed by atoms with Gasteiger partial charge in [-0.25, -0.2) is 0 Å². The lowest BCUT2D eigenvalue weighted by Crippen LogP contribution is -2.10. The third-order valence-electron chi connectivity index (χ3n) is 3.73. The van der Waals surface area contributed by atoms with Crippen molar-refractivity contribution in [2.45, 2.75) is 26.2 Å². The van der Waals surface area contributed by atoms with E-state index in [0.717, 1.165) is 11.8 Å². The van der Waals surface area contributed by atoms with Crippen molar-refractivity contribution in [2.24, 2.45) is 0 Å². The van der Waals surface area contributed by atoms with Crippen molar-refractivity contribution in [2.75, 3.05) is 7.11 Å². The van der Waals surface area contributed by atoms with Gasteiger partial charge in [-0.15, -0.1) is 0 Å². The largest absolute Gasteiger partial charge is 0.497 e. The van der Waals surface area contributed by atoms with Crippen LogP contribution in [-0.2, 0) is 5.41 Å². The Hall–Kier alpha value is -3.06. The van der Waals surface area contributed by atoms with Gasteiger partial charge in [-0.05, 0) is 46.9 Å². The quantitative estimate of drug-likeness (QED) is 0.466. The summed E-state index contributed by atoms with van der Waals surface area (Å²) in [6, 6.07) is 13.4. The number of nitro groups is 1. The molecule has 0 amide bonds. The molecule has 0 aliphatic heterocycles. The van der Waals surface area contributed by atoms with E-state index in [9.17, 15) is 10.1 Å². The van der Waals surface area contributed by atoms with Gasteiger partial charge in [0.05, 0.1) is 12.0 Å². The third-order valence-corrected chi connectivity index (χ3v) is 3.73. The molecule has 4 nitrogen and oxygen atoms in total. The number of benzene rings is 2. The van der Waals surface area contributed by atoms with Gasteiger partial charge >= 0.3 is 0 Å². The molecule has 25 heavy (non-hydrogen) atoms. The fourth-order valence-corrected chi connectivity index (χ4v) is 2.25. The number of nitrogens with zero attached hydrogens (tertiary/aromatic N) is 1. The predicted octanol–water partition coefficient (Wildman–Crippen LogP) is 4.64. The molecule has 2 aromatic carbocycles. The van der Waals surface area contributed by atoms with Crippen LogP contribution in [0.15, 0.2) is 48.7 Å². The predicted molar refractivity (Wildman–Crippen MR) is 100 cm³/mol. The molecule has 4 heteroatoms. The number of hydrogen-bond acceptors (Lipinski definition) is 3. The number of rotatable bonds is 3. The maximum absolute atomic E-state index is 10.6. The second-order valence-electron chi connectivity index (χ2n) is 6.63. The summed E-state index contributed by atoms with van der Waals surface area (Å²) in [5.41, 5.74) is 3.60. The molecule has 0 aromatic heterocycles. The smallest absolute Gasteiger partial charge is 0.235 e. The molecular formula is C21H21NO3. The zero-order chi connectivity index (χ0) is 18.4. The van der Waals surface area contributed by atoms with Crippen molar-refractivity contribution in [1.82, 2.24) is 0 Å². The Labute approximate surface area is 148 Å². The minimum Gasteiger partial charge on any atom is -0.497 e. The van der Waals surface area contributed by atoms with Crippen molar-refractivity contribution in [1.29, 1.82) is 0 Å². The van der Waals surface area contributed by atoms with Gasteiger partial charge < -0.3 is 4.74 Å². The normalized spacial score (nSPS) is 11.0. The SMILES string of the molecule is COc1ccc(C#Cc2ccc(C(C)(C)C)cc2)c(/C=C/[N+](=O)[O-])c1. The first-order valence-corrected chi connectivity index (χ1v) is 7.92. The summed E-state index contributed by atoms with van der Waals surface area (Å²) in [5.74, 6) is 6.82. The molecule has 128 valence electrons. The van der Waals surface area contributed by atoms with E-state index < -0.39 is 4.92 Å². The first-order valence-electron chi connectivity index (χ1n) is 7.92.